The highest BCUT2D eigenvalue weighted by atomic mass is 127. The number of likely N-dealkylation sites (tertiary alicyclic amines) is 1. The lowest BCUT2D eigenvalue weighted by Gasteiger charge is -2.22. The molecule has 8 nitrogen and oxygen atoms in total. The standard InChI is InChI=1S/C25H32N6O2.HI/c1-4-14-32-22-7-9-23(10-8-22)33-24-19(6-5-12-27-24)15-28-25(26-2)31-13-11-20(18-31)21-16-29-30(3)17-21;/h5-10,12,16-17,20H,4,11,13-15,18H2,1-3H3,(H,26,28);1H. The molecule has 1 unspecified atom stereocenters. The molecule has 1 N–H and O–H groups in total. The number of hydrogen-bond donors (Lipinski definition) is 1. The Morgan fingerprint density at radius 1 is 1.21 bits per heavy atom. The van der Waals surface area contributed by atoms with Gasteiger partial charge in [-0.1, -0.05) is 13.0 Å². The molecule has 3 heterocycles. The van der Waals surface area contributed by atoms with E-state index < -0.39 is 0 Å². The molecule has 0 bridgehead atoms. The summed E-state index contributed by atoms with van der Waals surface area (Å²) in [4.78, 5) is 11.2. The molecule has 1 aromatic carbocycles. The average Bonchev–Trinajstić information content (AvgIpc) is 3.49. The van der Waals surface area contributed by atoms with Gasteiger partial charge in [-0.05, 0) is 48.7 Å². The minimum Gasteiger partial charge on any atom is -0.494 e. The third-order valence-corrected chi connectivity index (χ3v) is 5.69. The molecular weight excluding hydrogens is 543 g/mol. The Morgan fingerprint density at radius 3 is 2.71 bits per heavy atom. The van der Waals surface area contributed by atoms with Crippen LogP contribution in [0.25, 0.3) is 0 Å². The second kappa shape index (κ2) is 12.6. The number of benzene rings is 1. The van der Waals surface area contributed by atoms with Crippen LogP contribution in [0.15, 0.2) is 60.0 Å². The lowest BCUT2D eigenvalue weighted by molar-refractivity contribution is 0.317. The highest BCUT2D eigenvalue weighted by Crippen LogP contribution is 2.27. The Balaban J connectivity index is 0.00000324. The van der Waals surface area contributed by atoms with Crippen molar-refractivity contribution in [2.24, 2.45) is 12.0 Å². The Hall–Kier alpha value is -2.82. The van der Waals surface area contributed by atoms with Gasteiger partial charge in [-0.15, -0.1) is 24.0 Å². The quantitative estimate of drug-likeness (QED) is 0.241. The monoisotopic (exact) mass is 576 g/mol. The van der Waals surface area contributed by atoms with Crippen LogP contribution in [0.3, 0.4) is 0 Å². The lowest BCUT2D eigenvalue weighted by atomic mass is 10.0. The number of aliphatic imine (C=N–C) groups is 1. The molecule has 0 aliphatic carbocycles. The molecular formula is C25H33IN6O2. The summed E-state index contributed by atoms with van der Waals surface area (Å²) in [5, 5.41) is 7.79. The summed E-state index contributed by atoms with van der Waals surface area (Å²) in [5.41, 5.74) is 2.25. The third kappa shape index (κ3) is 6.62. The Labute approximate surface area is 218 Å². The van der Waals surface area contributed by atoms with E-state index in [1.807, 2.05) is 61.4 Å². The van der Waals surface area contributed by atoms with Crippen LogP contribution in [0.5, 0.6) is 17.4 Å². The summed E-state index contributed by atoms with van der Waals surface area (Å²) in [6.07, 6.45) is 7.88. The lowest BCUT2D eigenvalue weighted by Crippen LogP contribution is -2.39. The number of rotatable bonds is 8. The third-order valence-electron chi connectivity index (χ3n) is 5.69. The molecule has 0 radical (unpaired) electrons. The van der Waals surface area contributed by atoms with Crippen LogP contribution in [0, 0.1) is 0 Å². The van der Waals surface area contributed by atoms with Gasteiger partial charge in [-0.3, -0.25) is 9.67 Å². The first-order chi connectivity index (χ1) is 16.2. The van der Waals surface area contributed by atoms with Gasteiger partial charge < -0.3 is 19.7 Å². The van der Waals surface area contributed by atoms with Crippen molar-refractivity contribution in [3.63, 3.8) is 0 Å². The molecule has 3 aromatic rings. The zero-order chi connectivity index (χ0) is 23.0. The minimum atomic E-state index is 0. The van der Waals surface area contributed by atoms with E-state index in [1.165, 1.54) is 5.56 Å². The summed E-state index contributed by atoms with van der Waals surface area (Å²) < 4.78 is 13.6. The summed E-state index contributed by atoms with van der Waals surface area (Å²) >= 11 is 0. The molecule has 1 aliphatic rings. The first-order valence-corrected chi connectivity index (χ1v) is 11.4. The van der Waals surface area contributed by atoms with Gasteiger partial charge in [0, 0.05) is 57.6 Å². The van der Waals surface area contributed by atoms with Crippen molar-refractivity contribution in [3.8, 4) is 17.4 Å². The molecule has 2 aromatic heterocycles. The van der Waals surface area contributed by atoms with Crippen molar-refractivity contribution in [1.29, 1.82) is 0 Å². The molecule has 0 amide bonds. The molecule has 9 heteroatoms. The van der Waals surface area contributed by atoms with Gasteiger partial charge in [0.1, 0.15) is 11.5 Å². The maximum absolute atomic E-state index is 6.07. The fourth-order valence-electron chi connectivity index (χ4n) is 3.97. The summed E-state index contributed by atoms with van der Waals surface area (Å²) in [6.45, 7) is 5.25. The zero-order valence-electron chi connectivity index (χ0n) is 20.0. The van der Waals surface area contributed by atoms with E-state index in [4.69, 9.17) is 9.47 Å². The fraction of sp³-hybridized carbons (Fsp3) is 0.400. The highest BCUT2D eigenvalue weighted by molar-refractivity contribution is 14.0. The van der Waals surface area contributed by atoms with Gasteiger partial charge in [0.05, 0.1) is 12.8 Å². The number of guanidine groups is 1. The number of pyridine rings is 1. The van der Waals surface area contributed by atoms with Crippen LogP contribution in [-0.2, 0) is 13.6 Å². The first-order valence-electron chi connectivity index (χ1n) is 11.4. The Kier molecular flexibility index (Phi) is 9.55. The molecule has 4 rings (SSSR count). The largest absolute Gasteiger partial charge is 0.494 e. The molecule has 34 heavy (non-hydrogen) atoms. The maximum Gasteiger partial charge on any atom is 0.224 e. The van der Waals surface area contributed by atoms with E-state index in [-0.39, 0.29) is 24.0 Å². The van der Waals surface area contributed by atoms with Gasteiger partial charge in [0.25, 0.3) is 0 Å². The number of ether oxygens (including phenoxy) is 2. The average molecular weight is 576 g/mol. The number of nitrogens with zero attached hydrogens (tertiary/aromatic N) is 5. The van der Waals surface area contributed by atoms with Crippen molar-refractivity contribution in [3.05, 3.63) is 66.1 Å². The van der Waals surface area contributed by atoms with E-state index in [2.05, 4.69) is 38.4 Å². The van der Waals surface area contributed by atoms with E-state index in [0.717, 1.165) is 49.0 Å². The van der Waals surface area contributed by atoms with Crippen molar-refractivity contribution in [1.82, 2.24) is 25.0 Å². The van der Waals surface area contributed by atoms with Gasteiger partial charge in [0.15, 0.2) is 5.96 Å². The number of aromatic nitrogens is 3. The fourth-order valence-corrected chi connectivity index (χ4v) is 3.97. The predicted octanol–water partition coefficient (Wildman–Crippen LogP) is 4.58. The van der Waals surface area contributed by atoms with Crippen molar-refractivity contribution in [2.45, 2.75) is 32.2 Å². The number of nitrogens with one attached hydrogen (secondary N) is 1. The minimum absolute atomic E-state index is 0. The molecule has 0 spiro atoms. The zero-order valence-corrected chi connectivity index (χ0v) is 22.3. The number of aryl methyl sites for hydroxylation is 1. The van der Waals surface area contributed by atoms with Crippen LogP contribution >= 0.6 is 24.0 Å². The summed E-state index contributed by atoms with van der Waals surface area (Å²) in [6, 6.07) is 11.6. The van der Waals surface area contributed by atoms with Crippen molar-refractivity contribution < 1.29 is 9.47 Å². The van der Waals surface area contributed by atoms with Gasteiger partial charge in [-0.25, -0.2) is 4.98 Å². The van der Waals surface area contributed by atoms with Crippen LogP contribution in [0.1, 0.15) is 36.8 Å². The summed E-state index contributed by atoms with van der Waals surface area (Å²) in [5.74, 6) is 3.50. The smallest absolute Gasteiger partial charge is 0.224 e. The SMILES string of the molecule is CCCOc1ccc(Oc2ncccc2CNC(=NC)N2CCC(c3cnn(C)c3)C2)cc1.I. The van der Waals surface area contributed by atoms with E-state index in [9.17, 15) is 0 Å². The van der Waals surface area contributed by atoms with Crippen LogP contribution in [-0.4, -0.2) is 52.4 Å². The van der Waals surface area contributed by atoms with Gasteiger partial charge >= 0.3 is 0 Å². The number of halogens is 1. The molecule has 1 aliphatic heterocycles. The summed E-state index contributed by atoms with van der Waals surface area (Å²) in [7, 11) is 3.78. The molecule has 0 saturated carbocycles. The normalized spacial score (nSPS) is 15.7. The van der Waals surface area contributed by atoms with E-state index >= 15 is 0 Å². The van der Waals surface area contributed by atoms with E-state index in [0.29, 0.717) is 24.9 Å². The van der Waals surface area contributed by atoms with Crippen LogP contribution < -0.4 is 14.8 Å². The van der Waals surface area contributed by atoms with E-state index in [1.54, 1.807) is 6.20 Å². The second-order valence-corrected chi connectivity index (χ2v) is 8.17. The van der Waals surface area contributed by atoms with Crippen molar-refractivity contribution >= 4 is 29.9 Å². The molecule has 1 saturated heterocycles. The molecule has 182 valence electrons. The van der Waals surface area contributed by atoms with Gasteiger partial charge in [-0.2, -0.15) is 5.10 Å². The number of hydrogen-bond acceptors (Lipinski definition) is 5. The second-order valence-electron chi connectivity index (χ2n) is 8.17. The Bertz CT molecular complexity index is 1070. The molecule has 1 atom stereocenters. The van der Waals surface area contributed by atoms with Crippen LogP contribution in [0.4, 0.5) is 0 Å². The van der Waals surface area contributed by atoms with Crippen molar-refractivity contribution in [2.75, 3.05) is 26.7 Å². The highest BCUT2D eigenvalue weighted by Gasteiger charge is 2.27. The van der Waals surface area contributed by atoms with Gasteiger partial charge in [0.2, 0.25) is 5.88 Å². The topological polar surface area (TPSA) is 76.8 Å². The maximum atomic E-state index is 6.07. The molecule has 1 fully saturated rings. The first kappa shape index (κ1) is 25.8. The Morgan fingerprint density at radius 2 is 2.00 bits per heavy atom. The van der Waals surface area contributed by atoms with Crippen LogP contribution in [0.2, 0.25) is 0 Å². The predicted molar refractivity (Wildman–Crippen MR) is 144 cm³/mol.